The summed E-state index contributed by atoms with van der Waals surface area (Å²) in [5.41, 5.74) is -0.349. The van der Waals surface area contributed by atoms with Gasteiger partial charge in [-0.3, -0.25) is 9.59 Å². The minimum absolute atomic E-state index is 0.00287. The molecule has 0 N–H and O–H groups in total. The van der Waals surface area contributed by atoms with E-state index in [-0.39, 0.29) is 29.2 Å². The van der Waals surface area contributed by atoms with Crippen molar-refractivity contribution in [1.29, 1.82) is 0 Å². The van der Waals surface area contributed by atoms with E-state index in [4.69, 9.17) is 4.74 Å². The number of hydrogen-bond acceptors (Lipinski definition) is 3. The van der Waals surface area contributed by atoms with Gasteiger partial charge in [-0.05, 0) is 12.8 Å². The summed E-state index contributed by atoms with van der Waals surface area (Å²) in [5, 5.41) is 0. The van der Waals surface area contributed by atoms with E-state index in [9.17, 15) is 9.59 Å². The second-order valence-electron chi connectivity index (χ2n) is 4.82. The molecule has 80 valence electrons. The first kappa shape index (κ1) is 11.2. The molecule has 2 atom stereocenters. The highest BCUT2D eigenvalue weighted by Crippen LogP contribution is 2.36. The maximum absolute atomic E-state index is 11.7. The van der Waals surface area contributed by atoms with Crippen LogP contribution in [0.2, 0.25) is 0 Å². The van der Waals surface area contributed by atoms with Crippen molar-refractivity contribution in [3.05, 3.63) is 0 Å². The fourth-order valence-electron chi connectivity index (χ4n) is 2.25. The molecule has 0 heterocycles. The highest BCUT2D eigenvalue weighted by Gasteiger charge is 2.40. The molecule has 0 bridgehead atoms. The van der Waals surface area contributed by atoms with Crippen LogP contribution in [0.5, 0.6) is 0 Å². The van der Waals surface area contributed by atoms with Crippen molar-refractivity contribution in [3.8, 4) is 0 Å². The van der Waals surface area contributed by atoms with Crippen LogP contribution < -0.4 is 0 Å². The normalized spacial score (nSPS) is 31.3. The fraction of sp³-hybridized carbons (Fsp3) is 0.818. The molecule has 0 spiro atoms. The van der Waals surface area contributed by atoms with Crippen molar-refractivity contribution < 1.29 is 14.3 Å². The molecule has 3 nitrogen and oxygen atoms in total. The highest BCUT2D eigenvalue weighted by atomic mass is 16.5. The fourth-order valence-corrected chi connectivity index (χ4v) is 2.25. The van der Waals surface area contributed by atoms with Gasteiger partial charge >= 0.3 is 5.97 Å². The molecule has 3 heteroatoms. The number of carbonyl (C=O) groups is 2. The predicted molar refractivity (Wildman–Crippen MR) is 52.7 cm³/mol. The topological polar surface area (TPSA) is 43.4 Å². The van der Waals surface area contributed by atoms with E-state index in [1.54, 1.807) is 0 Å². The first-order valence-corrected chi connectivity index (χ1v) is 5.04. The van der Waals surface area contributed by atoms with Gasteiger partial charge in [0.15, 0.2) is 0 Å². The molecule has 1 saturated carbocycles. The lowest BCUT2D eigenvalue weighted by molar-refractivity contribution is -0.155. The molecule has 0 amide bonds. The summed E-state index contributed by atoms with van der Waals surface area (Å²) < 4.78 is 5.15. The van der Waals surface area contributed by atoms with Crippen molar-refractivity contribution in [2.75, 3.05) is 0 Å². The number of Topliss-reactive ketones (excluding diaryl/α,β-unsaturated/α-hetero) is 1. The minimum Gasteiger partial charge on any atom is -0.463 e. The van der Waals surface area contributed by atoms with Crippen LogP contribution in [-0.2, 0) is 14.3 Å². The monoisotopic (exact) mass is 198 g/mol. The number of carbonyl (C=O) groups excluding carboxylic acids is 2. The van der Waals surface area contributed by atoms with Crippen molar-refractivity contribution in [2.24, 2.45) is 11.3 Å². The molecule has 0 aromatic carbocycles. The molecule has 1 rings (SSSR count). The zero-order valence-electron chi connectivity index (χ0n) is 9.29. The van der Waals surface area contributed by atoms with Gasteiger partial charge in [0.25, 0.3) is 0 Å². The summed E-state index contributed by atoms with van der Waals surface area (Å²) in [6.45, 7) is 7.15. The molecular weight excluding hydrogens is 180 g/mol. The van der Waals surface area contributed by atoms with E-state index < -0.39 is 0 Å². The van der Waals surface area contributed by atoms with Crippen LogP contribution in [0.25, 0.3) is 0 Å². The average Bonchev–Trinajstić information content (AvgIpc) is 1.98. The van der Waals surface area contributed by atoms with E-state index >= 15 is 0 Å². The number of hydrogen-bond donors (Lipinski definition) is 0. The highest BCUT2D eigenvalue weighted by molar-refractivity contribution is 5.87. The summed E-state index contributed by atoms with van der Waals surface area (Å²) in [6, 6.07) is 0. The van der Waals surface area contributed by atoms with E-state index in [2.05, 4.69) is 0 Å². The van der Waals surface area contributed by atoms with Gasteiger partial charge in [-0.25, -0.2) is 0 Å². The third-order valence-corrected chi connectivity index (χ3v) is 2.80. The first-order chi connectivity index (χ1) is 6.33. The number of ether oxygens (including phenoxy) is 1. The summed E-state index contributed by atoms with van der Waals surface area (Å²) in [6.07, 6.45) is 1.23. The quantitative estimate of drug-likeness (QED) is 0.605. The van der Waals surface area contributed by atoms with Crippen LogP contribution in [0.4, 0.5) is 0 Å². The van der Waals surface area contributed by atoms with Crippen molar-refractivity contribution in [3.63, 3.8) is 0 Å². The van der Waals surface area contributed by atoms with Gasteiger partial charge in [0, 0.05) is 18.3 Å². The van der Waals surface area contributed by atoms with Crippen molar-refractivity contribution in [2.45, 2.75) is 46.6 Å². The molecule has 1 unspecified atom stereocenters. The van der Waals surface area contributed by atoms with Crippen LogP contribution >= 0.6 is 0 Å². The molecule has 0 radical (unpaired) electrons. The zero-order valence-corrected chi connectivity index (χ0v) is 9.29. The first-order valence-electron chi connectivity index (χ1n) is 5.04. The predicted octanol–water partition coefficient (Wildman–Crippen LogP) is 1.94. The van der Waals surface area contributed by atoms with Gasteiger partial charge in [0.1, 0.15) is 11.9 Å². The van der Waals surface area contributed by atoms with E-state index in [1.165, 1.54) is 6.92 Å². The third kappa shape index (κ3) is 2.34. The van der Waals surface area contributed by atoms with Gasteiger partial charge in [-0.1, -0.05) is 20.8 Å². The van der Waals surface area contributed by atoms with Gasteiger partial charge in [-0.15, -0.1) is 0 Å². The minimum atomic E-state index is -0.349. The van der Waals surface area contributed by atoms with Crippen molar-refractivity contribution >= 4 is 11.8 Å². The Morgan fingerprint density at radius 3 is 2.50 bits per heavy atom. The summed E-state index contributed by atoms with van der Waals surface area (Å²) in [4.78, 5) is 22.5. The maximum Gasteiger partial charge on any atom is 0.302 e. The molecular formula is C11H18O3. The largest absolute Gasteiger partial charge is 0.463 e. The summed E-state index contributed by atoms with van der Waals surface area (Å²) >= 11 is 0. The summed E-state index contributed by atoms with van der Waals surface area (Å²) in [7, 11) is 0. The van der Waals surface area contributed by atoms with Gasteiger partial charge in [-0.2, -0.15) is 0 Å². The van der Waals surface area contributed by atoms with Crippen LogP contribution in [0.15, 0.2) is 0 Å². The second-order valence-corrected chi connectivity index (χ2v) is 4.82. The van der Waals surface area contributed by atoms with Crippen LogP contribution in [-0.4, -0.2) is 17.9 Å². The van der Waals surface area contributed by atoms with E-state index in [0.717, 1.165) is 0 Å². The number of ketones is 1. The van der Waals surface area contributed by atoms with E-state index in [0.29, 0.717) is 12.8 Å². The lowest BCUT2D eigenvalue weighted by Crippen LogP contribution is -2.41. The molecule has 1 aliphatic carbocycles. The standard InChI is InChI=1S/C11H18O3/c1-7-5-9(14-8(2)12)6-11(3,4)10(7)13/h7,9H,5-6H2,1-4H3/t7?,9-/m1/s1. The van der Waals surface area contributed by atoms with Gasteiger partial charge in [0.05, 0.1) is 0 Å². The molecule has 0 aromatic heterocycles. The Balaban J connectivity index is 2.69. The van der Waals surface area contributed by atoms with Crippen LogP contribution in [0, 0.1) is 11.3 Å². The third-order valence-electron chi connectivity index (χ3n) is 2.80. The van der Waals surface area contributed by atoms with E-state index in [1.807, 2.05) is 20.8 Å². The van der Waals surface area contributed by atoms with Crippen LogP contribution in [0.1, 0.15) is 40.5 Å². The molecule has 1 fully saturated rings. The summed E-state index contributed by atoms with van der Waals surface area (Å²) in [5.74, 6) is 0.0244. The molecule has 14 heavy (non-hydrogen) atoms. The SMILES string of the molecule is CC(=O)O[C@@H]1CC(C)C(=O)C(C)(C)C1. The molecule has 0 saturated heterocycles. The number of rotatable bonds is 1. The Morgan fingerprint density at radius 1 is 1.50 bits per heavy atom. The van der Waals surface area contributed by atoms with Crippen molar-refractivity contribution in [1.82, 2.24) is 0 Å². The van der Waals surface area contributed by atoms with Gasteiger partial charge < -0.3 is 4.74 Å². The van der Waals surface area contributed by atoms with Crippen LogP contribution in [0.3, 0.4) is 0 Å². The Hall–Kier alpha value is -0.860. The smallest absolute Gasteiger partial charge is 0.302 e. The molecule has 0 aliphatic heterocycles. The Labute approximate surface area is 84.8 Å². The zero-order chi connectivity index (χ0) is 10.9. The lowest BCUT2D eigenvalue weighted by Gasteiger charge is -2.36. The average molecular weight is 198 g/mol. The molecule has 1 aliphatic rings. The molecule has 0 aromatic rings. The Morgan fingerprint density at radius 2 is 2.07 bits per heavy atom. The second kappa shape index (κ2) is 3.71. The maximum atomic E-state index is 11.7. The van der Waals surface area contributed by atoms with Gasteiger partial charge in [0.2, 0.25) is 0 Å². The lowest BCUT2D eigenvalue weighted by atomic mass is 9.70. The Bertz CT molecular complexity index is 255. The Kier molecular flexibility index (Phi) is 2.98. The number of esters is 1.